The Kier molecular flexibility index (Phi) is 3.13. The number of hydrogen-bond donors (Lipinski definition) is 1. The first kappa shape index (κ1) is 12.6. The Bertz CT molecular complexity index is 676. The molecule has 2 rings (SSSR count). The van der Waals surface area contributed by atoms with E-state index in [1.54, 1.807) is 13.0 Å². The second kappa shape index (κ2) is 4.46. The van der Waals surface area contributed by atoms with Crippen LogP contribution in [-0.4, -0.2) is 14.7 Å². The number of nitrogens with two attached hydrogens (primary N) is 1. The average Bonchev–Trinajstić information content (AvgIpc) is 2.28. The van der Waals surface area contributed by atoms with Crippen LogP contribution in [0.5, 0.6) is 0 Å². The molecule has 18 heavy (non-hydrogen) atoms. The molecule has 0 aromatic heterocycles. The summed E-state index contributed by atoms with van der Waals surface area (Å²) in [6, 6.07) is 13.2. The van der Waals surface area contributed by atoms with Gasteiger partial charge < -0.3 is 5.73 Å². The molecule has 94 valence electrons. The van der Waals surface area contributed by atoms with Gasteiger partial charge in [0.1, 0.15) is 0 Å². The Hall–Kier alpha value is -1.81. The molecule has 0 unspecified atom stereocenters. The van der Waals surface area contributed by atoms with Gasteiger partial charge in [0.25, 0.3) is 0 Å². The van der Waals surface area contributed by atoms with Crippen LogP contribution in [0.3, 0.4) is 0 Å². The van der Waals surface area contributed by atoms with E-state index in [0.717, 1.165) is 11.1 Å². The molecule has 2 aromatic carbocycles. The highest BCUT2D eigenvalue weighted by atomic mass is 32.2. The molecular formula is C14H15NO2S. The van der Waals surface area contributed by atoms with E-state index < -0.39 is 9.84 Å². The second-order valence-corrected chi connectivity index (χ2v) is 6.26. The van der Waals surface area contributed by atoms with E-state index in [0.29, 0.717) is 11.3 Å². The van der Waals surface area contributed by atoms with Crippen molar-refractivity contribution in [1.29, 1.82) is 0 Å². The molecule has 0 spiro atoms. The number of sulfone groups is 1. The average molecular weight is 261 g/mol. The highest BCUT2D eigenvalue weighted by Crippen LogP contribution is 2.33. The first-order valence-electron chi connectivity index (χ1n) is 5.56. The van der Waals surface area contributed by atoms with Crippen LogP contribution >= 0.6 is 0 Å². The minimum atomic E-state index is -3.32. The summed E-state index contributed by atoms with van der Waals surface area (Å²) in [7, 11) is -3.32. The van der Waals surface area contributed by atoms with Gasteiger partial charge in [-0.05, 0) is 18.1 Å². The quantitative estimate of drug-likeness (QED) is 0.845. The lowest BCUT2D eigenvalue weighted by molar-refractivity contribution is 0.601. The molecule has 0 amide bonds. The summed E-state index contributed by atoms with van der Waals surface area (Å²) in [5.41, 5.74) is 8.69. The molecule has 0 saturated heterocycles. The maximum absolute atomic E-state index is 11.8. The fourth-order valence-electron chi connectivity index (χ4n) is 2.07. The topological polar surface area (TPSA) is 60.2 Å². The zero-order valence-electron chi connectivity index (χ0n) is 10.3. The van der Waals surface area contributed by atoms with Gasteiger partial charge in [0.05, 0.1) is 10.6 Å². The summed E-state index contributed by atoms with van der Waals surface area (Å²) in [5.74, 6) is 0. The molecule has 0 bridgehead atoms. The maximum atomic E-state index is 11.8. The maximum Gasteiger partial charge on any atom is 0.177 e. The molecule has 3 nitrogen and oxygen atoms in total. The number of anilines is 1. The largest absolute Gasteiger partial charge is 0.397 e. The molecular weight excluding hydrogens is 246 g/mol. The number of rotatable bonds is 2. The normalized spacial score (nSPS) is 11.4. The van der Waals surface area contributed by atoms with Crippen molar-refractivity contribution in [1.82, 2.24) is 0 Å². The van der Waals surface area contributed by atoms with Crippen LogP contribution in [0.1, 0.15) is 5.56 Å². The molecule has 0 aliphatic carbocycles. The first-order chi connectivity index (χ1) is 8.41. The van der Waals surface area contributed by atoms with E-state index in [2.05, 4.69) is 0 Å². The zero-order valence-corrected chi connectivity index (χ0v) is 11.2. The summed E-state index contributed by atoms with van der Waals surface area (Å²) < 4.78 is 23.6. The molecule has 4 heteroatoms. The molecule has 0 aliphatic heterocycles. The Morgan fingerprint density at radius 1 is 1.00 bits per heavy atom. The van der Waals surface area contributed by atoms with E-state index in [9.17, 15) is 8.42 Å². The lowest BCUT2D eigenvalue weighted by atomic mass is 10.0. The third-order valence-electron chi connectivity index (χ3n) is 2.85. The summed E-state index contributed by atoms with van der Waals surface area (Å²) in [4.78, 5) is 0.226. The number of hydrogen-bond acceptors (Lipinski definition) is 3. The van der Waals surface area contributed by atoms with Gasteiger partial charge >= 0.3 is 0 Å². The van der Waals surface area contributed by atoms with Crippen molar-refractivity contribution in [3.05, 3.63) is 48.0 Å². The third kappa shape index (κ3) is 2.24. The molecule has 0 heterocycles. The van der Waals surface area contributed by atoms with Crippen LogP contribution in [0, 0.1) is 6.92 Å². The lowest BCUT2D eigenvalue weighted by Crippen LogP contribution is -2.06. The van der Waals surface area contributed by atoms with Crippen LogP contribution in [-0.2, 0) is 9.84 Å². The van der Waals surface area contributed by atoms with Crippen LogP contribution in [0.15, 0.2) is 47.4 Å². The predicted octanol–water partition coefficient (Wildman–Crippen LogP) is 2.65. The van der Waals surface area contributed by atoms with Crippen molar-refractivity contribution in [2.75, 3.05) is 12.0 Å². The van der Waals surface area contributed by atoms with Crippen molar-refractivity contribution in [3.8, 4) is 11.1 Å². The summed E-state index contributed by atoms with van der Waals surface area (Å²) in [6.07, 6.45) is 1.18. The Morgan fingerprint density at radius 2 is 1.61 bits per heavy atom. The Morgan fingerprint density at radius 3 is 2.17 bits per heavy atom. The molecule has 0 saturated carbocycles. The van der Waals surface area contributed by atoms with Gasteiger partial charge in [0.2, 0.25) is 0 Å². The van der Waals surface area contributed by atoms with E-state index >= 15 is 0 Å². The standard InChI is InChI=1S/C14H15NO2S/c1-10-8-9-12(11-6-4-3-5-7-11)13(15)14(10)18(2,16)17/h3-9H,15H2,1-2H3. The van der Waals surface area contributed by atoms with Gasteiger partial charge in [0.15, 0.2) is 9.84 Å². The monoisotopic (exact) mass is 261 g/mol. The molecule has 0 atom stereocenters. The van der Waals surface area contributed by atoms with Crippen molar-refractivity contribution in [3.63, 3.8) is 0 Å². The number of benzene rings is 2. The van der Waals surface area contributed by atoms with Gasteiger partial charge in [-0.25, -0.2) is 8.42 Å². The Balaban J connectivity index is 2.74. The van der Waals surface area contributed by atoms with Gasteiger partial charge in [-0.15, -0.1) is 0 Å². The summed E-state index contributed by atoms with van der Waals surface area (Å²) in [5, 5.41) is 0. The first-order valence-corrected chi connectivity index (χ1v) is 7.45. The highest BCUT2D eigenvalue weighted by Gasteiger charge is 2.18. The van der Waals surface area contributed by atoms with E-state index in [1.165, 1.54) is 6.26 Å². The SMILES string of the molecule is Cc1ccc(-c2ccccc2)c(N)c1S(C)(=O)=O. The second-order valence-electron chi connectivity index (χ2n) is 4.31. The van der Waals surface area contributed by atoms with E-state index in [-0.39, 0.29) is 4.90 Å². The van der Waals surface area contributed by atoms with Crippen LogP contribution in [0.25, 0.3) is 11.1 Å². The lowest BCUT2D eigenvalue weighted by Gasteiger charge is -2.12. The smallest absolute Gasteiger partial charge is 0.177 e. The van der Waals surface area contributed by atoms with Gasteiger partial charge in [-0.2, -0.15) is 0 Å². The minimum absolute atomic E-state index is 0.226. The van der Waals surface area contributed by atoms with Crippen molar-refractivity contribution < 1.29 is 8.42 Å². The fourth-order valence-corrected chi connectivity index (χ4v) is 3.23. The molecule has 0 fully saturated rings. The van der Waals surface area contributed by atoms with E-state index in [1.807, 2.05) is 36.4 Å². The minimum Gasteiger partial charge on any atom is -0.397 e. The van der Waals surface area contributed by atoms with Crippen LogP contribution < -0.4 is 5.73 Å². The third-order valence-corrected chi connectivity index (χ3v) is 4.13. The predicted molar refractivity (Wildman–Crippen MR) is 74.1 cm³/mol. The number of nitrogen functional groups attached to an aromatic ring is 1. The van der Waals surface area contributed by atoms with Crippen LogP contribution in [0.4, 0.5) is 5.69 Å². The molecule has 0 aliphatic rings. The fraction of sp³-hybridized carbons (Fsp3) is 0.143. The molecule has 2 aromatic rings. The van der Waals surface area contributed by atoms with Crippen molar-refractivity contribution in [2.45, 2.75) is 11.8 Å². The highest BCUT2D eigenvalue weighted by molar-refractivity contribution is 7.91. The van der Waals surface area contributed by atoms with E-state index in [4.69, 9.17) is 5.73 Å². The number of aryl methyl sites for hydroxylation is 1. The summed E-state index contributed by atoms with van der Waals surface area (Å²) in [6.45, 7) is 1.75. The van der Waals surface area contributed by atoms with Gasteiger partial charge in [-0.3, -0.25) is 0 Å². The van der Waals surface area contributed by atoms with Crippen LogP contribution in [0.2, 0.25) is 0 Å². The molecule has 2 N–H and O–H groups in total. The zero-order chi connectivity index (χ0) is 13.3. The summed E-state index contributed by atoms with van der Waals surface area (Å²) >= 11 is 0. The molecule has 0 radical (unpaired) electrons. The van der Waals surface area contributed by atoms with Gasteiger partial charge in [-0.1, -0.05) is 42.5 Å². The van der Waals surface area contributed by atoms with Gasteiger partial charge in [0, 0.05) is 11.8 Å². The van der Waals surface area contributed by atoms with Crippen molar-refractivity contribution >= 4 is 15.5 Å². The van der Waals surface area contributed by atoms with Crippen molar-refractivity contribution in [2.24, 2.45) is 0 Å². The Labute approximate surface area is 107 Å².